The predicted octanol–water partition coefficient (Wildman–Crippen LogP) is 3.71. The average molecular weight is 298 g/mol. The van der Waals surface area contributed by atoms with Crippen molar-refractivity contribution in [2.24, 2.45) is 0 Å². The Balaban J connectivity index is 2.22. The third-order valence-corrected chi connectivity index (χ3v) is 3.44. The maximum Gasteiger partial charge on any atom is 0.260 e. The van der Waals surface area contributed by atoms with Crippen LogP contribution in [0, 0.1) is 6.92 Å². The maximum absolute atomic E-state index is 10.6. The van der Waals surface area contributed by atoms with E-state index in [1.807, 2.05) is 19.1 Å². The molecular weight excluding hydrogens is 290 g/mol. The summed E-state index contributed by atoms with van der Waals surface area (Å²) in [5, 5.41) is 0.600. The number of hydrogen-bond acceptors (Lipinski definition) is 4. The van der Waals surface area contributed by atoms with Crippen molar-refractivity contribution in [1.82, 2.24) is 4.98 Å². The molecule has 0 spiro atoms. The molecule has 2 aromatic rings. The highest BCUT2D eigenvalue weighted by molar-refractivity contribution is 9.10. The highest BCUT2D eigenvalue weighted by Crippen LogP contribution is 2.29. The number of oxazole rings is 1. The molecule has 0 radical (unpaired) electrons. The Morgan fingerprint density at radius 2 is 2.31 bits per heavy atom. The van der Waals surface area contributed by atoms with Crippen LogP contribution in [0.3, 0.4) is 0 Å². The van der Waals surface area contributed by atoms with E-state index >= 15 is 0 Å². The normalized spacial score (nSPS) is 10.4. The molecule has 0 aliphatic heterocycles. The monoisotopic (exact) mass is 297 g/mol. The molecule has 1 heterocycles. The Labute approximate surface area is 105 Å². The van der Waals surface area contributed by atoms with Gasteiger partial charge in [-0.1, -0.05) is 15.9 Å². The van der Waals surface area contributed by atoms with Crippen LogP contribution >= 0.6 is 27.7 Å². The second-order valence-electron chi connectivity index (χ2n) is 3.16. The van der Waals surface area contributed by atoms with Gasteiger partial charge in [-0.3, -0.25) is 4.79 Å². The van der Waals surface area contributed by atoms with Gasteiger partial charge in [0.2, 0.25) is 0 Å². The zero-order chi connectivity index (χ0) is 11.5. The zero-order valence-corrected chi connectivity index (χ0v) is 10.8. The molecule has 5 heteroatoms. The van der Waals surface area contributed by atoms with E-state index in [0.29, 0.717) is 10.8 Å². The number of benzene rings is 1. The quantitative estimate of drug-likeness (QED) is 0.810. The lowest BCUT2D eigenvalue weighted by Gasteiger charge is -2.00. The molecule has 0 amide bonds. The molecule has 0 aliphatic rings. The highest BCUT2D eigenvalue weighted by atomic mass is 79.9. The number of rotatable bonds is 3. The lowest BCUT2D eigenvalue weighted by molar-refractivity contribution is 0.112. The van der Waals surface area contributed by atoms with Crippen molar-refractivity contribution in [3.8, 4) is 0 Å². The van der Waals surface area contributed by atoms with Crippen LogP contribution in [0.2, 0.25) is 0 Å². The van der Waals surface area contributed by atoms with Crippen LogP contribution in [-0.4, -0.2) is 11.3 Å². The number of carbonyl (C=O) groups is 1. The van der Waals surface area contributed by atoms with E-state index < -0.39 is 0 Å². The second kappa shape index (κ2) is 4.84. The van der Waals surface area contributed by atoms with Gasteiger partial charge in [0.25, 0.3) is 5.22 Å². The molecular formula is C11H8BrNO2S. The topological polar surface area (TPSA) is 43.1 Å². The predicted molar refractivity (Wildman–Crippen MR) is 64.9 cm³/mol. The number of aromatic nitrogens is 1. The van der Waals surface area contributed by atoms with Crippen LogP contribution in [0.25, 0.3) is 0 Å². The molecule has 0 N–H and O–H groups in total. The molecule has 0 saturated carbocycles. The summed E-state index contributed by atoms with van der Waals surface area (Å²) in [6.45, 7) is 1.87. The van der Waals surface area contributed by atoms with Gasteiger partial charge in [0.05, 0.1) is 5.69 Å². The minimum atomic E-state index is 0.600. The van der Waals surface area contributed by atoms with Crippen LogP contribution in [0.4, 0.5) is 0 Å². The number of hydrogen-bond donors (Lipinski definition) is 0. The summed E-state index contributed by atoms with van der Waals surface area (Å²) in [4.78, 5) is 15.8. The van der Waals surface area contributed by atoms with Crippen LogP contribution in [0.5, 0.6) is 0 Å². The Bertz CT molecular complexity index is 524. The van der Waals surface area contributed by atoms with E-state index in [-0.39, 0.29) is 0 Å². The molecule has 0 bridgehead atoms. The van der Waals surface area contributed by atoms with E-state index in [9.17, 15) is 4.79 Å². The number of aryl methyl sites for hydroxylation is 1. The van der Waals surface area contributed by atoms with Crippen LogP contribution < -0.4 is 0 Å². The molecule has 82 valence electrons. The first kappa shape index (κ1) is 11.4. The lowest BCUT2D eigenvalue weighted by atomic mass is 10.2. The van der Waals surface area contributed by atoms with Gasteiger partial charge in [0, 0.05) is 14.9 Å². The average Bonchev–Trinajstić information content (AvgIpc) is 2.64. The van der Waals surface area contributed by atoms with Crippen molar-refractivity contribution in [1.29, 1.82) is 0 Å². The van der Waals surface area contributed by atoms with Gasteiger partial charge in [0.1, 0.15) is 6.26 Å². The molecule has 1 aromatic carbocycles. The first-order chi connectivity index (χ1) is 7.69. The first-order valence-corrected chi connectivity index (χ1v) is 6.14. The van der Waals surface area contributed by atoms with Crippen LogP contribution in [0.1, 0.15) is 16.1 Å². The summed E-state index contributed by atoms with van der Waals surface area (Å²) in [6, 6.07) is 5.49. The largest absolute Gasteiger partial charge is 0.439 e. The van der Waals surface area contributed by atoms with E-state index in [0.717, 1.165) is 21.3 Å². The Kier molecular flexibility index (Phi) is 3.46. The SMILES string of the molecule is Cc1coc(Sc2ccc(C=O)c(Br)c2)n1. The molecule has 3 nitrogen and oxygen atoms in total. The zero-order valence-electron chi connectivity index (χ0n) is 8.44. The van der Waals surface area contributed by atoms with Crippen molar-refractivity contribution in [3.05, 3.63) is 40.2 Å². The number of halogens is 1. The van der Waals surface area contributed by atoms with E-state index in [4.69, 9.17) is 4.42 Å². The molecule has 0 aliphatic carbocycles. The van der Waals surface area contributed by atoms with Crippen molar-refractivity contribution >= 4 is 34.0 Å². The fraction of sp³-hybridized carbons (Fsp3) is 0.0909. The Hall–Kier alpha value is -1.07. The van der Waals surface area contributed by atoms with Crippen LogP contribution in [-0.2, 0) is 0 Å². The van der Waals surface area contributed by atoms with Crippen molar-refractivity contribution in [2.45, 2.75) is 17.0 Å². The van der Waals surface area contributed by atoms with Gasteiger partial charge in [-0.05, 0) is 36.9 Å². The second-order valence-corrected chi connectivity index (χ2v) is 5.04. The summed E-state index contributed by atoms with van der Waals surface area (Å²) in [5.41, 5.74) is 1.49. The molecule has 0 unspecified atom stereocenters. The third kappa shape index (κ3) is 2.54. The van der Waals surface area contributed by atoms with Crippen molar-refractivity contribution < 1.29 is 9.21 Å². The Morgan fingerprint density at radius 3 is 2.88 bits per heavy atom. The third-order valence-electron chi connectivity index (χ3n) is 1.90. The standard InChI is InChI=1S/C11H8BrNO2S/c1-7-6-15-11(13-7)16-9-3-2-8(5-14)10(12)4-9/h2-6H,1H3. The number of aldehydes is 1. The van der Waals surface area contributed by atoms with Crippen LogP contribution in [0.15, 0.2) is 43.5 Å². The van der Waals surface area contributed by atoms with Gasteiger partial charge in [-0.25, -0.2) is 4.98 Å². The fourth-order valence-corrected chi connectivity index (χ4v) is 2.57. The molecule has 0 fully saturated rings. The first-order valence-electron chi connectivity index (χ1n) is 4.54. The molecule has 0 atom stereocenters. The minimum Gasteiger partial charge on any atom is -0.439 e. The Morgan fingerprint density at radius 1 is 1.50 bits per heavy atom. The van der Waals surface area contributed by atoms with Gasteiger partial charge in [0.15, 0.2) is 6.29 Å². The van der Waals surface area contributed by atoms with Gasteiger partial charge in [-0.15, -0.1) is 0 Å². The number of nitrogens with zero attached hydrogens (tertiary/aromatic N) is 1. The van der Waals surface area contributed by atoms with E-state index in [1.54, 1.807) is 12.3 Å². The van der Waals surface area contributed by atoms with Crippen molar-refractivity contribution in [3.63, 3.8) is 0 Å². The summed E-state index contributed by atoms with van der Waals surface area (Å²) < 4.78 is 6.01. The smallest absolute Gasteiger partial charge is 0.260 e. The maximum atomic E-state index is 10.6. The summed E-state index contributed by atoms with van der Waals surface area (Å²) >= 11 is 4.75. The summed E-state index contributed by atoms with van der Waals surface area (Å²) in [6.07, 6.45) is 2.42. The molecule has 0 saturated heterocycles. The molecule has 16 heavy (non-hydrogen) atoms. The number of carbonyl (C=O) groups excluding carboxylic acids is 1. The van der Waals surface area contributed by atoms with Gasteiger partial charge >= 0.3 is 0 Å². The van der Waals surface area contributed by atoms with Gasteiger partial charge < -0.3 is 4.42 Å². The van der Waals surface area contributed by atoms with Gasteiger partial charge in [-0.2, -0.15) is 0 Å². The van der Waals surface area contributed by atoms with E-state index in [1.165, 1.54) is 11.8 Å². The lowest BCUT2D eigenvalue weighted by Crippen LogP contribution is -1.82. The highest BCUT2D eigenvalue weighted by Gasteiger charge is 2.06. The fourth-order valence-electron chi connectivity index (χ4n) is 1.15. The van der Waals surface area contributed by atoms with Crippen molar-refractivity contribution in [2.75, 3.05) is 0 Å². The minimum absolute atomic E-state index is 0.600. The summed E-state index contributed by atoms with van der Waals surface area (Å²) in [5.74, 6) is 0. The summed E-state index contributed by atoms with van der Waals surface area (Å²) in [7, 11) is 0. The molecule has 2 rings (SSSR count). The molecule has 1 aromatic heterocycles. The van der Waals surface area contributed by atoms with E-state index in [2.05, 4.69) is 20.9 Å².